The maximum atomic E-state index is 12.1. The van der Waals surface area contributed by atoms with Gasteiger partial charge in [0, 0.05) is 16.8 Å². The topological polar surface area (TPSA) is 80.7 Å². The maximum absolute atomic E-state index is 12.1. The van der Waals surface area contributed by atoms with Crippen molar-refractivity contribution in [2.75, 3.05) is 6.26 Å². The Kier molecular flexibility index (Phi) is 4.11. The zero-order valence-electron chi connectivity index (χ0n) is 12.6. The van der Waals surface area contributed by atoms with Crippen LogP contribution in [0.15, 0.2) is 59.2 Å². The second-order valence-corrected chi connectivity index (χ2v) is 7.85. The van der Waals surface area contributed by atoms with E-state index in [1.165, 1.54) is 24.3 Å². The van der Waals surface area contributed by atoms with Crippen molar-refractivity contribution in [2.45, 2.75) is 11.0 Å². The molecule has 0 spiro atoms. The number of sulfone groups is 1. The molecule has 1 aliphatic heterocycles. The lowest BCUT2D eigenvalue weighted by Gasteiger charge is -2.10. The lowest BCUT2D eigenvalue weighted by Crippen LogP contribution is -2.03. The molecule has 0 bridgehead atoms. The SMILES string of the molecule is CS(=O)(=O)c1ccc(C2=C(O)C(c3ccc(Cl)cc3)OC2=O)cc1. The minimum absolute atomic E-state index is 0.0231. The van der Waals surface area contributed by atoms with Gasteiger partial charge in [-0.25, -0.2) is 13.2 Å². The molecule has 1 aliphatic rings. The van der Waals surface area contributed by atoms with Crippen molar-refractivity contribution >= 4 is 33.0 Å². The van der Waals surface area contributed by atoms with Crippen LogP contribution in [0.25, 0.3) is 5.57 Å². The van der Waals surface area contributed by atoms with E-state index < -0.39 is 21.9 Å². The molecule has 1 N–H and O–H groups in total. The zero-order valence-corrected chi connectivity index (χ0v) is 14.1. The highest BCUT2D eigenvalue weighted by Crippen LogP contribution is 2.38. The average molecular weight is 365 g/mol. The molecular formula is C17H13ClO5S. The Labute approximate surface area is 144 Å². The van der Waals surface area contributed by atoms with Crippen molar-refractivity contribution < 1.29 is 23.1 Å². The molecule has 0 aromatic heterocycles. The monoisotopic (exact) mass is 364 g/mol. The molecule has 0 saturated carbocycles. The van der Waals surface area contributed by atoms with Crippen molar-refractivity contribution in [3.05, 3.63) is 70.4 Å². The summed E-state index contributed by atoms with van der Waals surface area (Å²) in [7, 11) is -3.34. The summed E-state index contributed by atoms with van der Waals surface area (Å²) >= 11 is 5.83. The molecule has 5 nitrogen and oxygen atoms in total. The predicted molar refractivity (Wildman–Crippen MR) is 89.4 cm³/mol. The van der Waals surface area contributed by atoms with E-state index in [1.807, 2.05) is 0 Å². The summed E-state index contributed by atoms with van der Waals surface area (Å²) in [4.78, 5) is 12.3. The minimum Gasteiger partial charge on any atom is -0.507 e. The van der Waals surface area contributed by atoms with Crippen molar-refractivity contribution in [2.24, 2.45) is 0 Å². The molecule has 1 unspecified atom stereocenters. The number of hydrogen-bond acceptors (Lipinski definition) is 5. The number of halogens is 1. The normalized spacial score (nSPS) is 17.9. The van der Waals surface area contributed by atoms with Crippen LogP contribution in [0.2, 0.25) is 5.02 Å². The van der Waals surface area contributed by atoms with Crippen LogP contribution in [-0.4, -0.2) is 25.7 Å². The van der Waals surface area contributed by atoms with Crippen LogP contribution in [0.4, 0.5) is 0 Å². The fourth-order valence-electron chi connectivity index (χ4n) is 2.46. The Morgan fingerprint density at radius 2 is 1.62 bits per heavy atom. The predicted octanol–water partition coefficient (Wildman–Crippen LogP) is 3.31. The second-order valence-electron chi connectivity index (χ2n) is 5.39. The van der Waals surface area contributed by atoms with Crippen LogP contribution in [0.1, 0.15) is 17.2 Å². The van der Waals surface area contributed by atoms with Gasteiger partial charge in [-0.2, -0.15) is 0 Å². The first kappa shape index (κ1) is 16.5. The number of carbonyl (C=O) groups is 1. The van der Waals surface area contributed by atoms with Crippen molar-refractivity contribution in [1.82, 2.24) is 0 Å². The molecule has 24 heavy (non-hydrogen) atoms. The summed E-state index contributed by atoms with van der Waals surface area (Å²) < 4.78 is 28.2. The molecular weight excluding hydrogens is 352 g/mol. The fourth-order valence-corrected chi connectivity index (χ4v) is 3.21. The van der Waals surface area contributed by atoms with E-state index >= 15 is 0 Å². The third-order valence-electron chi connectivity index (χ3n) is 3.68. The molecule has 1 atom stereocenters. The summed E-state index contributed by atoms with van der Waals surface area (Å²) in [6, 6.07) is 12.3. The largest absolute Gasteiger partial charge is 0.507 e. The van der Waals surface area contributed by atoms with Gasteiger partial charge in [-0.05, 0) is 29.8 Å². The van der Waals surface area contributed by atoms with Crippen molar-refractivity contribution in [1.29, 1.82) is 0 Å². The van der Waals surface area contributed by atoms with Gasteiger partial charge in [0.15, 0.2) is 21.7 Å². The summed E-state index contributed by atoms with van der Waals surface area (Å²) in [5, 5.41) is 10.9. The molecule has 2 aromatic rings. The van der Waals surface area contributed by atoms with Gasteiger partial charge in [-0.1, -0.05) is 35.9 Å². The third kappa shape index (κ3) is 3.02. The first-order valence-electron chi connectivity index (χ1n) is 6.97. The van der Waals surface area contributed by atoms with Gasteiger partial charge in [0.05, 0.1) is 4.90 Å². The molecule has 7 heteroatoms. The number of rotatable bonds is 3. The highest BCUT2D eigenvalue weighted by molar-refractivity contribution is 7.90. The van der Waals surface area contributed by atoms with E-state index in [0.717, 1.165) is 6.26 Å². The molecule has 0 saturated heterocycles. The Morgan fingerprint density at radius 3 is 2.17 bits per heavy atom. The lowest BCUT2D eigenvalue weighted by atomic mass is 10.0. The number of aliphatic hydroxyl groups excluding tert-OH is 1. The van der Waals surface area contributed by atoms with Gasteiger partial charge in [-0.3, -0.25) is 0 Å². The number of benzene rings is 2. The fraction of sp³-hybridized carbons (Fsp3) is 0.118. The number of carbonyl (C=O) groups excluding carboxylic acids is 1. The Balaban J connectivity index is 2.00. The van der Waals surface area contributed by atoms with E-state index in [4.69, 9.17) is 16.3 Å². The number of esters is 1. The van der Waals surface area contributed by atoms with Gasteiger partial charge in [0.2, 0.25) is 0 Å². The van der Waals surface area contributed by atoms with Crippen LogP contribution in [0.5, 0.6) is 0 Å². The standard InChI is InChI=1S/C17H13ClO5S/c1-24(21,22)13-8-4-10(5-9-13)14-15(19)16(23-17(14)20)11-2-6-12(18)7-3-11/h2-9,16,19H,1H3. The summed E-state index contributed by atoms with van der Waals surface area (Å²) in [5.74, 6) is -0.881. The molecule has 0 amide bonds. The summed E-state index contributed by atoms with van der Waals surface area (Å²) in [5.41, 5.74) is 1.00. The molecule has 0 fully saturated rings. The van der Waals surface area contributed by atoms with E-state index in [9.17, 15) is 18.3 Å². The first-order chi connectivity index (χ1) is 11.3. The van der Waals surface area contributed by atoms with Gasteiger partial charge in [0.1, 0.15) is 5.57 Å². The molecule has 2 aromatic carbocycles. The van der Waals surface area contributed by atoms with Crippen molar-refractivity contribution in [3.63, 3.8) is 0 Å². The van der Waals surface area contributed by atoms with Crippen LogP contribution in [0.3, 0.4) is 0 Å². The number of cyclic esters (lactones) is 1. The summed E-state index contributed by atoms with van der Waals surface area (Å²) in [6.45, 7) is 0. The van der Waals surface area contributed by atoms with Gasteiger partial charge >= 0.3 is 5.97 Å². The van der Waals surface area contributed by atoms with Crippen LogP contribution in [0, 0.1) is 0 Å². The summed E-state index contributed by atoms with van der Waals surface area (Å²) in [6.07, 6.45) is 0.193. The van der Waals surface area contributed by atoms with E-state index in [0.29, 0.717) is 16.1 Å². The van der Waals surface area contributed by atoms with Gasteiger partial charge < -0.3 is 9.84 Å². The van der Waals surface area contributed by atoms with Crippen LogP contribution >= 0.6 is 11.6 Å². The smallest absolute Gasteiger partial charge is 0.343 e. The van der Waals surface area contributed by atoms with Crippen LogP contribution < -0.4 is 0 Å². The average Bonchev–Trinajstić information content (AvgIpc) is 2.82. The molecule has 3 rings (SSSR count). The maximum Gasteiger partial charge on any atom is 0.343 e. The lowest BCUT2D eigenvalue weighted by molar-refractivity contribution is -0.138. The molecule has 1 heterocycles. The molecule has 0 aliphatic carbocycles. The van der Waals surface area contributed by atoms with Crippen LogP contribution in [-0.2, 0) is 19.4 Å². The Hall–Kier alpha value is -2.31. The molecule has 124 valence electrons. The Morgan fingerprint density at radius 1 is 1.04 bits per heavy atom. The van der Waals surface area contributed by atoms with Crippen molar-refractivity contribution in [3.8, 4) is 0 Å². The van der Waals surface area contributed by atoms with E-state index in [1.54, 1.807) is 24.3 Å². The highest BCUT2D eigenvalue weighted by Gasteiger charge is 2.36. The highest BCUT2D eigenvalue weighted by atomic mass is 35.5. The van der Waals surface area contributed by atoms with Gasteiger partial charge in [-0.15, -0.1) is 0 Å². The number of hydrogen-bond donors (Lipinski definition) is 1. The third-order valence-corrected chi connectivity index (χ3v) is 5.06. The minimum atomic E-state index is -3.34. The van der Waals surface area contributed by atoms with Gasteiger partial charge in [0.25, 0.3) is 0 Å². The quantitative estimate of drug-likeness (QED) is 0.845. The zero-order chi connectivity index (χ0) is 17.5. The number of ether oxygens (including phenoxy) is 1. The Bertz CT molecular complexity index is 928. The van der Waals surface area contributed by atoms with E-state index in [2.05, 4.69) is 0 Å². The van der Waals surface area contributed by atoms with E-state index in [-0.39, 0.29) is 16.2 Å². The first-order valence-corrected chi connectivity index (χ1v) is 9.24. The molecule has 0 radical (unpaired) electrons. The number of aliphatic hydroxyl groups is 1. The second kappa shape index (κ2) is 5.96.